The molecule has 0 spiro atoms. The average Bonchev–Trinajstić information content (AvgIpc) is 2.35. The van der Waals surface area contributed by atoms with Gasteiger partial charge in [0, 0.05) is 26.2 Å². The van der Waals surface area contributed by atoms with E-state index in [2.05, 4.69) is 25.7 Å². The van der Waals surface area contributed by atoms with E-state index in [0.29, 0.717) is 24.0 Å². The quantitative estimate of drug-likeness (QED) is 0.786. The Balaban J connectivity index is 2.95. The largest absolute Gasteiger partial charge is 0.310 e. The van der Waals surface area contributed by atoms with Crippen LogP contribution in [0, 0.1) is 0 Å². The number of nitrogens with one attached hydrogen (secondary N) is 1. The Morgan fingerprint density at radius 3 is 2.60 bits per heavy atom. The van der Waals surface area contributed by atoms with Gasteiger partial charge in [0.2, 0.25) is 10.0 Å². The van der Waals surface area contributed by atoms with Gasteiger partial charge in [0.25, 0.3) is 0 Å². The zero-order chi connectivity index (χ0) is 15.3. The predicted molar refractivity (Wildman–Crippen MR) is 83.0 cm³/mol. The summed E-state index contributed by atoms with van der Waals surface area (Å²) in [5.74, 6) is 0. The SMILES string of the molecule is C=C(C)CN(C)S(=O)(=O)c1cccc(CNC(C)C)c1. The second kappa shape index (κ2) is 7.02. The number of benzene rings is 1. The van der Waals surface area contributed by atoms with Gasteiger partial charge in [0.15, 0.2) is 0 Å². The summed E-state index contributed by atoms with van der Waals surface area (Å²) in [6.45, 7) is 10.7. The molecule has 0 aliphatic carbocycles. The van der Waals surface area contributed by atoms with Crippen LogP contribution in [0.25, 0.3) is 0 Å². The van der Waals surface area contributed by atoms with Gasteiger partial charge in [-0.3, -0.25) is 0 Å². The first-order valence-electron chi connectivity index (χ1n) is 6.66. The third-order valence-corrected chi connectivity index (χ3v) is 4.61. The van der Waals surface area contributed by atoms with Crippen LogP contribution >= 0.6 is 0 Å². The van der Waals surface area contributed by atoms with Crippen LogP contribution in [0.3, 0.4) is 0 Å². The molecule has 0 aliphatic rings. The molecule has 0 aliphatic heterocycles. The van der Waals surface area contributed by atoms with Crippen molar-refractivity contribution in [3.05, 3.63) is 42.0 Å². The first-order chi connectivity index (χ1) is 9.23. The Morgan fingerprint density at radius 1 is 1.40 bits per heavy atom. The lowest BCUT2D eigenvalue weighted by Crippen LogP contribution is -2.28. The summed E-state index contributed by atoms with van der Waals surface area (Å²) in [6.07, 6.45) is 0. The van der Waals surface area contributed by atoms with Gasteiger partial charge in [0.05, 0.1) is 4.90 Å². The van der Waals surface area contributed by atoms with E-state index in [0.717, 1.165) is 11.1 Å². The van der Waals surface area contributed by atoms with Gasteiger partial charge < -0.3 is 5.32 Å². The molecule has 0 saturated heterocycles. The van der Waals surface area contributed by atoms with Crippen molar-refractivity contribution in [2.75, 3.05) is 13.6 Å². The number of likely N-dealkylation sites (N-methyl/N-ethyl adjacent to an activating group) is 1. The van der Waals surface area contributed by atoms with E-state index >= 15 is 0 Å². The van der Waals surface area contributed by atoms with Crippen LogP contribution in [0.1, 0.15) is 26.3 Å². The van der Waals surface area contributed by atoms with E-state index in [1.807, 2.05) is 13.0 Å². The highest BCUT2D eigenvalue weighted by Crippen LogP contribution is 2.16. The Labute approximate surface area is 122 Å². The zero-order valence-electron chi connectivity index (χ0n) is 12.7. The van der Waals surface area contributed by atoms with Crippen molar-refractivity contribution in [1.29, 1.82) is 0 Å². The highest BCUT2D eigenvalue weighted by Gasteiger charge is 2.20. The Kier molecular flexibility index (Phi) is 5.92. The molecular formula is C15H24N2O2S. The molecule has 0 radical (unpaired) electrons. The van der Waals surface area contributed by atoms with E-state index in [-0.39, 0.29) is 0 Å². The summed E-state index contributed by atoms with van der Waals surface area (Å²) in [5, 5.41) is 3.28. The standard InChI is InChI=1S/C15H24N2O2S/c1-12(2)11-17(5)20(18,19)15-8-6-7-14(9-15)10-16-13(3)4/h6-9,13,16H,1,10-11H2,2-5H3. The Morgan fingerprint density at radius 2 is 2.05 bits per heavy atom. The summed E-state index contributed by atoms with van der Waals surface area (Å²) in [6, 6.07) is 7.41. The first-order valence-corrected chi connectivity index (χ1v) is 8.10. The maximum Gasteiger partial charge on any atom is 0.243 e. The van der Waals surface area contributed by atoms with Gasteiger partial charge in [-0.1, -0.05) is 38.1 Å². The van der Waals surface area contributed by atoms with Crippen molar-refractivity contribution in [3.63, 3.8) is 0 Å². The molecule has 5 heteroatoms. The maximum atomic E-state index is 12.4. The van der Waals surface area contributed by atoms with E-state index in [1.165, 1.54) is 4.31 Å². The minimum absolute atomic E-state index is 0.323. The molecule has 0 heterocycles. The molecule has 0 atom stereocenters. The lowest BCUT2D eigenvalue weighted by molar-refractivity contribution is 0.493. The van der Waals surface area contributed by atoms with Crippen molar-refractivity contribution in [1.82, 2.24) is 9.62 Å². The van der Waals surface area contributed by atoms with E-state index in [9.17, 15) is 8.42 Å². The normalized spacial score (nSPS) is 12.1. The molecule has 4 nitrogen and oxygen atoms in total. The molecule has 0 fully saturated rings. The van der Waals surface area contributed by atoms with Crippen LogP contribution in [-0.4, -0.2) is 32.4 Å². The molecule has 0 saturated carbocycles. The minimum Gasteiger partial charge on any atom is -0.310 e. The van der Waals surface area contributed by atoms with E-state index in [4.69, 9.17) is 0 Å². The van der Waals surface area contributed by atoms with Crippen molar-refractivity contribution < 1.29 is 8.42 Å². The van der Waals surface area contributed by atoms with Gasteiger partial charge in [-0.2, -0.15) is 4.31 Å². The van der Waals surface area contributed by atoms with Crippen molar-refractivity contribution >= 4 is 10.0 Å². The molecule has 0 unspecified atom stereocenters. The fourth-order valence-electron chi connectivity index (χ4n) is 1.78. The molecule has 1 N–H and O–H groups in total. The summed E-state index contributed by atoms with van der Waals surface area (Å²) in [4.78, 5) is 0.323. The molecule has 1 aromatic rings. The highest BCUT2D eigenvalue weighted by molar-refractivity contribution is 7.89. The number of rotatable bonds is 7. The monoisotopic (exact) mass is 296 g/mol. The lowest BCUT2D eigenvalue weighted by Gasteiger charge is -2.18. The average molecular weight is 296 g/mol. The van der Waals surface area contributed by atoms with Gasteiger partial charge >= 0.3 is 0 Å². The lowest BCUT2D eigenvalue weighted by atomic mass is 10.2. The second-order valence-corrected chi connectivity index (χ2v) is 7.45. The predicted octanol–water partition coefficient (Wildman–Crippen LogP) is 2.38. The van der Waals surface area contributed by atoms with Gasteiger partial charge in [-0.15, -0.1) is 0 Å². The number of nitrogens with zero attached hydrogens (tertiary/aromatic N) is 1. The fourth-order valence-corrected chi connectivity index (χ4v) is 3.08. The first kappa shape index (κ1) is 16.9. The molecule has 0 bridgehead atoms. The van der Waals surface area contributed by atoms with Crippen LogP contribution in [0.5, 0.6) is 0 Å². The number of hydrogen-bond acceptors (Lipinski definition) is 3. The number of hydrogen-bond donors (Lipinski definition) is 1. The Hall–Kier alpha value is -1.17. The second-order valence-electron chi connectivity index (χ2n) is 5.40. The van der Waals surface area contributed by atoms with Gasteiger partial charge in [0.1, 0.15) is 0 Å². The van der Waals surface area contributed by atoms with Gasteiger partial charge in [-0.25, -0.2) is 8.42 Å². The minimum atomic E-state index is -3.45. The van der Waals surface area contributed by atoms with Crippen LogP contribution in [-0.2, 0) is 16.6 Å². The fraction of sp³-hybridized carbons (Fsp3) is 0.467. The highest BCUT2D eigenvalue weighted by atomic mass is 32.2. The smallest absolute Gasteiger partial charge is 0.243 e. The molecule has 0 amide bonds. The topological polar surface area (TPSA) is 49.4 Å². The van der Waals surface area contributed by atoms with E-state index in [1.54, 1.807) is 25.2 Å². The third kappa shape index (κ3) is 4.74. The van der Waals surface area contributed by atoms with Crippen LogP contribution < -0.4 is 5.32 Å². The number of sulfonamides is 1. The molecule has 112 valence electrons. The van der Waals surface area contributed by atoms with Crippen molar-refractivity contribution in [2.45, 2.75) is 38.3 Å². The van der Waals surface area contributed by atoms with Crippen LogP contribution in [0.4, 0.5) is 0 Å². The summed E-state index contributed by atoms with van der Waals surface area (Å²) < 4.78 is 26.2. The zero-order valence-corrected chi connectivity index (χ0v) is 13.5. The molecule has 1 rings (SSSR count). The van der Waals surface area contributed by atoms with E-state index < -0.39 is 10.0 Å². The molecule has 0 aromatic heterocycles. The summed E-state index contributed by atoms with van der Waals surface area (Å²) in [5.41, 5.74) is 1.78. The molecule has 20 heavy (non-hydrogen) atoms. The molecular weight excluding hydrogens is 272 g/mol. The maximum absolute atomic E-state index is 12.4. The Bertz CT molecular complexity index is 565. The van der Waals surface area contributed by atoms with Gasteiger partial charge in [-0.05, 0) is 24.6 Å². The summed E-state index contributed by atoms with van der Waals surface area (Å²) in [7, 11) is -1.88. The third-order valence-electron chi connectivity index (χ3n) is 2.81. The van der Waals surface area contributed by atoms with Crippen LogP contribution in [0.2, 0.25) is 0 Å². The van der Waals surface area contributed by atoms with Crippen molar-refractivity contribution in [2.24, 2.45) is 0 Å². The van der Waals surface area contributed by atoms with Crippen LogP contribution in [0.15, 0.2) is 41.3 Å². The molecule has 1 aromatic carbocycles. The van der Waals surface area contributed by atoms with Crippen molar-refractivity contribution in [3.8, 4) is 0 Å². The summed E-state index contributed by atoms with van der Waals surface area (Å²) >= 11 is 0.